The summed E-state index contributed by atoms with van der Waals surface area (Å²) in [6, 6.07) is 2.66. The fraction of sp³-hybridized carbons (Fsp3) is 0.444. The number of aliphatic hydroxyl groups excluding tert-OH is 1. The van der Waals surface area contributed by atoms with E-state index < -0.39 is 10.0 Å². The summed E-state index contributed by atoms with van der Waals surface area (Å²) in [5, 5.41) is 8.68. The number of aromatic nitrogens is 1. The average Bonchev–Trinajstić information content (AvgIpc) is 2.24. The minimum absolute atomic E-state index is 0.0583. The normalized spacial score (nSPS) is 11.6. The van der Waals surface area contributed by atoms with Crippen LogP contribution in [0.4, 0.5) is 0 Å². The molecule has 0 aliphatic carbocycles. The van der Waals surface area contributed by atoms with Crippen LogP contribution >= 0.6 is 11.6 Å². The fourth-order valence-corrected chi connectivity index (χ4v) is 2.40. The van der Waals surface area contributed by atoms with Crippen LogP contribution in [0.1, 0.15) is 12.8 Å². The molecule has 1 heterocycles. The van der Waals surface area contributed by atoms with Crippen LogP contribution in [0.5, 0.6) is 0 Å². The van der Waals surface area contributed by atoms with Gasteiger partial charge in [0, 0.05) is 19.3 Å². The molecule has 0 unspecified atom stereocenters. The lowest BCUT2D eigenvalue weighted by atomic mass is 10.3. The van der Waals surface area contributed by atoms with Gasteiger partial charge in [0.1, 0.15) is 5.15 Å². The van der Waals surface area contributed by atoms with Crippen molar-refractivity contribution in [2.45, 2.75) is 17.7 Å². The SMILES string of the molecule is O=S(=O)(NCCCCO)c1ccnc(Cl)c1. The summed E-state index contributed by atoms with van der Waals surface area (Å²) >= 11 is 5.60. The lowest BCUT2D eigenvalue weighted by Crippen LogP contribution is -2.25. The minimum atomic E-state index is -3.52. The minimum Gasteiger partial charge on any atom is -0.396 e. The van der Waals surface area contributed by atoms with E-state index in [0.29, 0.717) is 19.4 Å². The first-order valence-corrected chi connectivity index (χ1v) is 6.64. The van der Waals surface area contributed by atoms with Crippen molar-refractivity contribution in [2.24, 2.45) is 0 Å². The van der Waals surface area contributed by atoms with Crippen LogP contribution in [0.15, 0.2) is 23.2 Å². The molecule has 0 radical (unpaired) electrons. The Kier molecular flexibility index (Phi) is 5.14. The van der Waals surface area contributed by atoms with Crippen molar-refractivity contribution in [1.29, 1.82) is 0 Å². The third kappa shape index (κ3) is 4.05. The molecule has 0 amide bonds. The van der Waals surface area contributed by atoms with Gasteiger partial charge < -0.3 is 5.11 Å². The van der Waals surface area contributed by atoms with Crippen LogP contribution < -0.4 is 4.72 Å². The molecule has 0 spiro atoms. The molecule has 7 heteroatoms. The second kappa shape index (κ2) is 6.15. The molecule has 1 aromatic heterocycles. The number of rotatable bonds is 6. The van der Waals surface area contributed by atoms with Crippen LogP contribution in [0.2, 0.25) is 5.15 Å². The van der Waals surface area contributed by atoms with Gasteiger partial charge in [-0.25, -0.2) is 18.1 Å². The predicted octanol–water partition coefficient (Wildman–Crippen LogP) is 0.786. The number of unbranched alkanes of at least 4 members (excludes halogenated alkanes) is 1. The molecule has 0 fully saturated rings. The Morgan fingerprint density at radius 3 is 2.81 bits per heavy atom. The van der Waals surface area contributed by atoms with Crippen molar-refractivity contribution in [3.8, 4) is 0 Å². The van der Waals surface area contributed by atoms with Gasteiger partial charge in [-0.3, -0.25) is 0 Å². The van der Waals surface area contributed by atoms with Crippen LogP contribution in [0.3, 0.4) is 0 Å². The van der Waals surface area contributed by atoms with Crippen molar-refractivity contribution in [1.82, 2.24) is 9.71 Å². The van der Waals surface area contributed by atoms with E-state index in [2.05, 4.69) is 9.71 Å². The van der Waals surface area contributed by atoms with Crippen molar-refractivity contribution in [3.05, 3.63) is 23.5 Å². The molecular formula is C9H13ClN2O3S. The summed E-state index contributed by atoms with van der Waals surface area (Å²) in [6.45, 7) is 0.353. The monoisotopic (exact) mass is 264 g/mol. The van der Waals surface area contributed by atoms with Gasteiger partial charge in [0.2, 0.25) is 10.0 Å². The maximum atomic E-state index is 11.7. The molecule has 1 rings (SSSR count). The topological polar surface area (TPSA) is 79.3 Å². The molecule has 2 N–H and O–H groups in total. The summed E-state index contributed by atoms with van der Waals surface area (Å²) in [5.41, 5.74) is 0. The van der Waals surface area contributed by atoms with E-state index in [-0.39, 0.29) is 16.7 Å². The molecule has 0 saturated carbocycles. The molecule has 0 aliphatic heterocycles. The van der Waals surface area contributed by atoms with Gasteiger partial charge >= 0.3 is 0 Å². The van der Waals surface area contributed by atoms with Crippen LogP contribution in [0, 0.1) is 0 Å². The van der Waals surface area contributed by atoms with Gasteiger partial charge in [-0.2, -0.15) is 0 Å². The zero-order chi connectivity index (χ0) is 12.0. The first kappa shape index (κ1) is 13.4. The highest BCUT2D eigenvalue weighted by atomic mass is 35.5. The highest BCUT2D eigenvalue weighted by Crippen LogP contribution is 2.12. The Balaban J connectivity index is 2.64. The van der Waals surface area contributed by atoms with Gasteiger partial charge in [0.05, 0.1) is 4.90 Å². The molecule has 90 valence electrons. The first-order valence-electron chi connectivity index (χ1n) is 4.78. The van der Waals surface area contributed by atoms with Gasteiger partial charge in [-0.15, -0.1) is 0 Å². The average molecular weight is 265 g/mol. The Bertz CT molecular complexity index is 436. The number of nitrogens with zero attached hydrogens (tertiary/aromatic N) is 1. The number of sulfonamides is 1. The smallest absolute Gasteiger partial charge is 0.240 e. The van der Waals surface area contributed by atoms with E-state index in [1.807, 2.05) is 0 Å². The van der Waals surface area contributed by atoms with Gasteiger partial charge in [0.25, 0.3) is 0 Å². The Labute approximate surface area is 99.5 Å². The van der Waals surface area contributed by atoms with E-state index in [0.717, 1.165) is 0 Å². The molecule has 16 heavy (non-hydrogen) atoms. The second-order valence-electron chi connectivity index (χ2n) is 3.14. The standard InChI is InChI=1S/C9H13ClN2O3S/c10-9-7-8(3-5-11-9)16(14,15)12-4-1-2-6-13/h3,5,7,12-13H,1-2,4,6H2. The highest BCUT2D eigenvalue weighted by Gasteiger charge is 2.13. The predicted molar refractivity (Wildman–Crippen MR) is 60.8 cm³/mol. The molecule has 0 bridgehead atoms. The number of halogens is 1. The lowest BCUT2D eigenvalue weighted by molar-refractivity contribution is 0.285. The zero-order valence-electron chi connectivity index (χ0n) is 8.56. The number of hydrogen-bond donors (Lipinski definition) is 2. The third-order valence-corrected chi connectivity index (χ3v) is 3.55. The van der Waals surface area contributed by atoms with Gasteiger partial charge in [-0.1, -0.05) is 11.6 Å². The maximum Gasteiger partial charge on any atom is 0.240 e. The Morgan fingerprint density at radius 1 is 1.44 bits per heavy atom. The summed E-state index contributed by atoms with van der Waals surface area (Å²) in [5.74, 6) is 0. The van der Waals surface area contributed by atoms with Gasteiger partial charge in [0.15, 0.2) is 0 Å². The van der Waals surface area contributed by atoms with Crippen molar-refractivity contribution in [2.75, 3.05) is 13.2 Å². The molecule has 0 atom stereocenters. The second-order valence-corrected chi connectivity index (χ2v) is 5.30. The Morgan fingerprint density at radius 2 is 2.19 bits per heavy atom. The highest BCUT2D eigenvalue weighted by molar-refractivity contribution is 7.89. The van der Waals surface area contributed by atoms with Crippen molar-refractivity contribution < 1.29 is 13.5 Å². The quantitative estimate of drug-likeness (QED) is 0.588. The number of hydrogen-bond acceptors (Lipinski definition) is 4. The number of nitrogens with one attached hydrogen (secondary N) is 1. The van der Waals surface area contributed by atoms with E-state index in [1.165, 1.54) is 18.3 Å². The Hall–Kier alpha value is -0.690. The van der Waals surface area contributed by atoms with Crippen LogP contribution in [0.25, 0.3) is 0 Å². The maximum absolute atomic E-state index is 11.7. The number of aliphatic hydroxyl groups is 1. The third-order valence-electron chi connectivity index (χ3n) is 1.89. The van der Waals surface area contributed by atoms with E-state index in [1.54, 1.807) is 0 Å². The van der Waals surface area contributed by atoms with Gasteiger partial charge in [-0.05, 0) is 25.0 Å². The summed E-state index contributed by atoms with van der Waals surface area (Å²) in [7, 11) is -3.52. The number of pyridine rings is 1. The van der Waals surface area contributed by atoms with E-state index >= 15 is 0 Å². The summed E-state index contributed by atoms with van der Waals surface area (Å²) in [6.07, 6.45) is 2.50. The molecule has 5 nitrogen and oxygen atoms in total. The van der Waals surface area contributed by atoms with Crippen LogP contribution in [-0.2, 0) is 10.0 Å². The molecule has 1 aromatic rings. The van der Waals surface area contributed by atoms with Crippen molar-refractivity contribution in [3.63, 3.8) is 0 Å². The van der Waals surface area contributed by atoms with Crippen LogP contribution in [-0.4, -0.2) is 31.7 Å². The summed E-state index contributed by atoms with van der Waals surface area (Å²) < 4.78 is 25.8. The first-order chi connectivity index (χ1) is 7.56. The molecule has 0 aromatic carbocycles. The van der Waals surface area contributed by atoms with E-state index in [4.69, 9.17) is 16.7 Å². The van der Waals surface area contributed by atoms with Crippen molar-refractivity contribution >= 4 is 21.6 Å². The lowest BCUT2D eigenvalue weighted by Gasteiger charge is -2.05. The fourth-order valence-electron chi connectivity index (χ4n) is 1.08. The van der Waals surface area contributed by atoms with E-state index in [9.17, 15) is 8.42 Å². The molecule has 0 aliphatic rings. The largest absolute Gasteiger partial charge is 0.396 e. The molecular weight excluding hydrogens is 252 g/mol. The zero-order valence-corrected chi connectivity index (χ0v) is 10.1. The molecule has 0 saturated heterocycles. The summed E-state index contributed by atoms with van der Waals surface area (Å²) in [4.78, 5) is 3.80.